The van der Waals surface area contributed by atoms with E-state index in [1.165, 1.54) is 0 Å². The molecule has 0 aliphatic heterocycles. The summed E-state index contributed by atoms with van der Waals surface area (Å²) in [5.74, 6) is 0.405. The first-order valence-corrected chi connectivity index (χ1v) is 11.8. The smallest absolute Gasteiger partial charge is 0.291 e. The molecule has 0 amide bonds. The summed E-state index contributed by atoms with van der Waals surface area (Å²) in [6.45, 7) is 10.9. The molecule has 6 aromatic rings. The van der Waals surface area contributed by atoms with E-state index in [0.717, 1.165) is 11.4 Å². The van der Waals surface area contributed by atoms with Gasteiger partial charge in [0.05, 0.1) is 11.4 Å². The first-order chi connectivity index (χ1) is 19.0. The van der Waals surface area contributed by atoms with Gasteiger partial charge in [0, 0.05) is 11.4 Å². The van der Waals surface area contributed by atoms with Crippen LogP contribution in [0.1, 0.15) is 22.8 Å². The molecule has 0 saturated carbocycles. The summed E-state index contributed by atoms with van der Waals surface area (Å²) in [5.41, 5.74) is 4.46. The topological polar surface area (TPSA) is 133 Å². The Bertz CT molecular complexity index is 1990. The fourth-order valence-electron chi connectivity index (χ4n) is 4.44. The molecule has 6 rings (SSSR count). The average Bonchev–Trinajstić information content (AvgIpc) is 2.97. The molecule has 0 aliphatic rings. The standard InChI is InChI=1S/C29H16N10/c1-16-20(14-30)35-24-22(33-16)26-23(34-17(2)28(32-3)37-26)25-27(24)38-29(21(15-31)36-25)39(18-10-6-4-7-11-18)19-12-8-5-9-13-19/h4-13H,1-2H3. The van der Waals surface area contributed by atoms with Crippen LogP contribution in [0.25, 0.3) is 37.9 Å². The number of fused-ring (bicyclic) bond motifs is 6. The number of nitriles is 2. The molecule has 3 heterocycles. The zero-order chi connectivity index (χ0) is 27.1. The third kappa shape index (κ3) is 3.71. The third-order valence-electron chi connectivity index (χ3n) is 6.22. The summed E-state index contributed by atoms with van der Waals surface area (Å²) >= 11 is 0. The van der Waals surface area contributed by atoms with E-state index < -0.39 is 0 Å². The zero-order valence-corrected chi connectivity index (χ0v) is 20.7. The summed E-state index contributed by atoms with van der Waals surface area (Å²) in [4.78, 5) is 33.3. The van der Waals surface area contributed by atoms with Crippen molar-refractivity contribution in [2.24, 2.45) is 0 Å². The van der Waals surface area contributed by atoms with Crippen molar-refractivity contribution >= 4 is 56.1 Å². The molecule has 0 N–H and O–H groups in total. The van der Waals surface area contributed by atoms with Gasteiger partial charge in [0.15, 0.2) is 17.2 Å². The second kappa shape index (κ2) is 9.11. The van der Waals surface area contributed by atoms with Gasteiger partial charge in [-0.05, 0) is 38.1 Å². The van der Waals surface area contributed by atoms with Crippen LogP contribution in [-0.2, 0) is 0 Å². The number of aromatic nitrogens is 6. The van der Waals surface area contributed by atoms with E-state index in [1.54, 1.807) is 13.8 Å². The normalized spacial score (nSPS) is 10.7. The Hall–Kier alpha value is -6.05. The van der Waals surface area contributed by atoms with E-state index in [2.05, 4.69) is 36.9 Å². The van der Waals surface area contributed by atoms with Crippen molar-refractivity contribution in [1.29, 1.82) is 10.5 Å². The minimum absolute atomic E-state index is 0.0603. The highest BCUT2D eigenvalue weighted by atomic mass is 15.2. The number of anilines is 3. The van der Waals surface area contributed by atoms with E-state index in [-0.39, 0.29) is 34.1 Å². The van der Waals surface area contributed by atoms with Gasteiger partial charge in [-0.1, -0.05) is 43.0 Å². The van der Waals surface area contributed by atoms with Crippen molar-refractivity contribution in [2.45, 2.75) is 13.8 Å². The maximum atomic E-state index is 10.2. The van der Waals surface area contributed by atoms with Crippen LogP contribution in [0.2, 0.25) is 0 Å². The Morgan fingerprint density at radius 2 is 1.08 bits per heavy atom. The number of rotatable bonds is 3. The monoisotopic (exact) mass is 504 g/mol. The molecule has 0 bridgehead atoms. The Kier molecular flexibility index (Phi) is 5.46. The Morgan fingerprint density at radius 1 is 0.615 bits per heavy atom. The van der Waals surface area contributed by atoms with Crippen molar-refractivity contribution < 1.29 is 0 Å². The van der Waals surface area contributed by atoms with Crippen LogP contribution in [0.15, 0.2) is 60.7 Å². The largest absolute Gasteiger partial charge is 0.359 e. The van der Waals surface area contributed by atoms with E-state index in [1.807, 2.05) is 65.6 Å². The molecule has 3 aromatic carbocycles. The molecule has 0 saturated heterocycles. The molecule has 0 atom stereocenters. The van der Waals surface area contributed by atoms with Gasteiger partial charge in [0.2, 0.25) is 5.52 Å². The Balaban J connectivity index is 1.81. The maximum absolute atomic E-state index is 10.2. The minimum atomic E-state index is 0.0603. The molecular formula is C29H16N10. The fraction of sp³-hybridized carbons (Fsp3) is 0.0690. The lowest BCUT2D eigenvalue weighted by molar-refractivity contribution is 1.12. The quantitative estimate of drug-likeness (QED) is 0.213. The van der Waals surface area contributed by atoms with Crippen LogP contribution < -0.4 is 4.90 Å². The van der Waals surface area contributed by atoms with Crippen LogP contribution in [0.5, 0.6) is 0 Å². The average molecular weight is 505 g/mol. The number of nitrogens with zero attached hydrogens (tertiary/aromatic N) is 10. The molecule has 3 aromatic heterocycles. The molecule has 10 nitrogen and oxygen atoms in total. The van der Waals surface area contributed by atoms with E-state index in [0.29, 0.717) is 33.5 Å². The molecule has 0 fully saturated rings. The van der Waals surface area contributed by atoms with E-state index in [9.17, 15) is 10.5 Å². The lowest BCUT2D eigenvalue weighted by atomic mass is 10.1. The van der Waals surface area contributed by atoms with Crippen molar-refractivity contribution in [1.82, 2.24) is 29.9 Å². The second-order valence-electron chi connectivity index (χ2n) is 8.62. The van der Waals surface area contributed by atoms with Gasteiger partial charge < -0.3 is 4.85 Å². The van der Waals surface area contributed by atoms with Gasteiger partial charge in [-0.15, -0.1) is 4.98 Å². The Labute approximate surface area is 222 Å². The Morgan fingerprint density at radius 3 is 1.62 bits per heavy atom. The summed E-state index contributed by atoms with van der Waals surface area (Å²) < 4.78 is 0. The summed E-state index contributed by atoms with van der Waals surface area (Å²) in [6.07, 6.45) is 0. The highest BCUT2D eigenvalue weighted by molar-refractivity contribution is 6.18. The minimum Gasteiger partial charge on any atom is -0.359 e. The molecule has 0 radical (unpaired) electrons. The molecule has 0 spiro atoms. The van der Waals surface area contributed by atoms with Crippen LogP contribution >= 0.6 is 0 Å². The van der Waals surface area contributed by atoms with Gasteiger partial charge in [0.1, 0.15) is 39.7 Å². The van der Waals surface area contributed by atoms with Gasteiger partial charge >= 0.3 is 0 Å². The van der Waals surface area contributed by atoms with Gasteiger partial charge in [-0.3, -0.25) is 9.88 Å². The lowest BCUT2D eigenvalue weighted by Crippen LogP contribution is -2.15. The number of benzene rings is 3. The zero-order valence-electron chi connectivity index (χ0n) is 20.7. The van der Waals surface area contributed by atoms with Gasteiger partial charge in [-0.25, -0.2) is 19.9 Å². The molecule has 0 unspecified atom stereocenters. The highest BCUT2D eigenvalue weighted by Gasteiger charge is 2.26. The predicted octanol–water partition coefficient (Wildman–Crippen LogP) is 5.90. The van der Waals surface area contributed by atoms with Crippen molar-refractivity contribution in [3.05, 3.63) is 94.9 Å². The highest BCUT2D eigenvalue weighted by Crippen LogP contribution is 2.38. The maximum Gasteiger partial charge on any atom is 0.291 e. The van der Waals surface area contributed by atoms with Crippen molar-refractivity contribution in [3.8, 4) is 12.1 Å². The molecule has 182 valence electrons. The second-order valence-corrected chi connectivity index (χ2v) is 8.62. The van der Waals surface area contributed by atoms with Gasteiger partial charge in [-0.2, -0.15) is 10.5 Å². The summed E-state index contributed by atoms with van der Waals surface area (Å²) in [7, 11) is 0. The molecule has 10 heteroatoms. The molecular weight excluding hydrogens is 488 g/mol. The van der Waals surface area contributed by atoms with E-state index >= 15 is 0 Å². The third-order valence-corrected chi connectivity index (χ3v) is 6.22. The number of hydrogen-bond acceptors (Lipinski definition) is 9. The predicted molar refractivity (Wildman–Crippen MR) is 146 cm³/mol. The molecule has 0 aliphatic carbocycles. The van der Waals surface area contributed by atoms with E-state index in [4.69, 9.17) is 16.5 Å². The van der Waals surface area contributed by atoms with Crippen molar-refractivity contribution in [2.75, 3.05) is 4.90 Å². The van der Waals surface area contributed by atoms with Crippen LogP contribution in [0.3, 0.4) is 0 Å². The lowest BCUT2D eigenvalue weighted by Gasteiger charge is -2.25. The van der Waals surface area contributed by atoms with Crippen LogP contribution in [-0.4, -0.2) is 29.9 Å². The SMILES string of the molecule is [C-]#[N+]c1nc2c3nc(C)c(C#N)nc3c3nc(N(c4ccccc4)c4ccccc4)c(C#N)nc3c2nc1C. The number of hydrogen-bond donors (Lipinski definition) is 0. The fourth-order valence-corrected chi connectivity index (χ4v) is 4.44. The number of para-hydroxylation sites is 2. The molecule has 39 heavy (non-hydrogen) atoms. The van der Waals surface area contributed by atoms with Gasteiger partial charge in [0.25, 0.3) is 5.82 Å². The summed E-state index contributed by atoms with van der Waals surface area (Å²) in [6, 6.07) is 23.3. The number of aryl methyl sites for hydroxylation is 2. The van der Waals surface area contributed by atoms with Crippen molar-refractivity contribution in [3.63, 3.8) is 0 Å². The first-order valence-electron chi connectivity index (χ1n) is 11.8. The first kappa shape index (κ1) is 23.4. The van der Waals surface area contributed by atoms with Crippen LogP contribution in [0, 0.1) is 43.1 Å². The van der Waals surface area contributed by atoms with Crippen LogP contribution in [0.4, 0.5) is 23.0 Å². The summed E-state index contributed by atoms with van der Waals surface area (Å²) in [5, 5.41) is 19.9.